The van der Waals surface area contributed by atoms with Gasteiger partial charge in [-0.2, -0.15) is 0 Å². The van der Waals surface area contributed by atoms with Crippen LogP contribution < -0.4 is 4.90 Å². The Bertz CT molecular complexity index is 1140. The molecule has 0 unspecified atom stereocenters. The van der Waals surface area contributed by atoms with Crippen molar-refractivity contribution in [1.82, 2.24) is 14.8 Å². The number of thiophene rings is 1. The van der Waals surface area contributed by atoms with E-state index >= 15 is 0 Å². The molecule has 170 valence electrons. The smallest absolute Gasteiger partial charge is 0.237 e. The van der Waals surface area contributed by atoms with E-state index in [1.54, 1.807) is 11.3 Å². The largest absolute Gasteiger partial charge is 0.309 e. The molecule has 0 aliphatic carbocycles. The summed E-state index contributed by atoms with van der Waals surface area (Å²) < 4.78 is 2.17. The predicted molar refractivity (Wildman–Crippen MR) is 137 cm³/mol. The van der Waals surface area contributed by atoms with Crippen molar-refractivity contribution in [2.45, 2.75) is 44.4 Å². The van der Waals surface area contributed by atoms with E-state index in [1.807, 2.05) is 55.1 Å². The van der Waals surface area contributed by atoms with Crippen LogP contribution in [0.3, 0.4) is 0 Å². The minimum atomic E-state index is 0.0682. The molecule has 0 fully saturated rings. The van der Waals surface area contributed by atoms with Gasteiger partial charge < -0.3 is 9.47 Å². The van der Waals surface area contributed by atoms with Crippen molar-refractivity contribution < 1.29 is 4.79 Å². The van der Waals surface area contributed by atoms with Crippen LogP contribution in [0.2, 0.25) is 0 Å². The van der Waals surface area contributed by atoms with Gasteiger partial charge >= 0.3 is 0 Å². The fourth-order valence-corrected chi connectivity index (χ4v) is 5.29. The van der Waals surface area contributed by atoms with Gasteiger partial charge in [0.05, 0.1) is 5.75 Å². The fourth-order valence-electron chi connectivity index (χ4n) is 3.75. The third-order valence-corrected chi connectivity index (χ3v) is 7.14. The van der Waals surface area contributed by atoms with Gasteiger partial charge in [-0.25, -0.2) is 0 Å². The molecule has 0 radical (unpaired) electrons. The molecule has 0 bridgehead atoms. The summed E-state index contributed by atoms with van der Waals surface area (Å²) >= 11 is 3.19. The van der Waals surface area contributed by atoms with E-state index in [0.29, 0.717) is 5.75 Å². The van der Waals surface area contributed by atoms with Crippen molar-refractivity contribution in [3.8, 4) is 0 Å². The number of rotatable bonds is 10. The minimum absolute atomic E-state index is 0.0682. The van der Waals surface area contributed by atoms with Crippen molar-refractivity contribution in [1.29, 1.82) is 0 Å². The van der Waals surface area contributed by atoms with Crippen LogP contribution in [0.25, 0.3) is 0 Å². The molecule has 0 aliphatic heterocycles. The molecule has 2 aromatic heterocycles. The summed E-state index contributed by atoms with van der Waals surface area (Å²) in [5, 5.41) is 11.8. The summed E-state index contributed by atoms with van der Waals surface area (Å²) in [4.78, 5) is 16.3. The van der Waals surface area contributed by atoms with Gasteiger partial charge in [0.25, 0.3) is 0 Å². The van der Waals surface area contributed by atoms with Crippen LogP contribution >= 0.6 is 23.1 Å². The molecule has 4 rings (SSSR count). The lowest BCUT2D eigenvalue weighted by molar-refractivity contribution is -0.116. The number of hydrogen-bond acceptors (Lipinski definition) is 5. The zero-order valence-corrected chi connectivity index (χ0v) is 20.6. The first-order valence-corrected chi connectivity index (χ1v) is 13.0. The van der Waals surface area contributed by atoms with E-state index < -0.39 is 0 Å². The molecular weight excluding hydrogens is 448 g/mol. The zero-order chi connectivity index (χ0) is 23.0. The lowest BCUT2D eigenvalue weighted by atomic mass is 10.1. The molecule has 7 heteroatoms. The first kappa shape index (κ1) is 23.3. The zero-order valence-electron chi connectivity index (χ0n) is 18.9. The van der Waals surface area contributed by atoms with Gasteiger partial charge in [-0.15, -0.1) is 21.5 Å². The van der Waals surface area contributed by atoms with E-state index in [4.69, 9.17) is 0 Å². The molecule has 1 amide bonds. The molecular formula is C26H28N4OS2. The predicted octanol–water partition coefficient (Wildman–Crippen LogP) is 5.71. The number of aryl methyl sites for hydroxylation is 1. The maximum Gasteiger partial charge on any atom is 0.237 e. The van der Waals surface area contributed by atoms with Crippen LogP contribution in [0.15, 0.2) is 83.3 Å². The molecule has 0 atom stereocenters. The van der Waals surface area contributed by atoms with Gasteiger partial charge in [-0.1, -0.05) is 66.4 Å². The number of aromatic nitrogens is 3. The number of hydrogen-bond donors (Lipinski definition) is 0. The second-order valence-electron chi connectivity index (χ2n) is 8.02. The third-order valence-electron chi connectivity index (χ3n) is 5.32. The van der Waals surface area contributed by atoms with Crippen LogP contribution in [-0.2, 0) is 24.2 Å². The van der Waals surface area contributed by atoms with E-state index in [-0.39, 0.29) is 11.9 Å². The molecule has 0 spiro atoms. The van der Waals surface area contributed by atoms with Gasteiger partial charge in [-0.05, 0) is 49.4 Å². The second-order valence-corrected chi connectivity index (χ2v) is 10.00. The van der Waals surface area contributed by atoms with Gasteiger partial charge in [0.1, 0.15) is 5.82 Å². The maximum atomic E-state index is 13.2. The first-order chi connectivity index (χ1) is 16.1. The Morgan fingerprint density at radius 3 is 2.39 bits per heavy atom. The number of benzene rings is 2. The highest BCUT2D eigenvalue weighted by Gasteiger charge is 2.21. The molecule has 0 N–H and O–H groups in total. The summed E-state index contributed by atoms with van der Waals surface area (Å²) in [5.74, 6) is 1.32. The SMILES string of the molecule is CC(C)N(C(=O)CSc1nnc(Cc2cccs2)n1CCc1ccccc1)c1ccccc1. The summed E-state index contributed by atoms with van der Waals surface area (Å²) in [6.07, 6.45) is 1.63. The quantitative estimate of drug-likeness (QED) is 0.275. The monoisotopic (exact) mass is 476 g/mol. The Hall–Kier alpha value is -2.90. The third kappa shape index (κ3) is 6.12. The van der Waals surface area contributed by atoms with E-state index in [9.17, 15) is 4.79 Å². The standard InChI is InChI=1S/C26H28N4OS2/c1-20(2)30(22-12-7-4-8-13-22)25(31)19-33-26-28-27-24(18-23-14-9-17-32-23)29(26)16-15-21-10-5-3-6-11-21/h3-14,17,20H,15-16,18-19H2,1-2H3. The van der Waals surface area contributed by atoms with Gasteiger partial charge in [-0.3, -0.25) is 4.79 Å². The number of amides is 1. The molecule has 2 aromatic carbocycles. The van der Waals surface area contributed by atoms with Gasteiger partial charge in [0.2, 0.25) is 5.91 Å². The van der Waals surface area contributed by atoms with E-state index in [2.05, 4.69) is 56.5 Å². The van der Waals surface area contributed by atoms with Crippen molar-refractivity contribution in [3.63, 3.8) is 0 Å². The minimum Gasteiger partial charge on any atom is -0.309 e. The first-order valence-electron chi connectivity index (χ1n) is 11.1. The highest BCUT2D eigenvalue weighted by molar-refractivity contribution is 7.99. The molecule has 0 saturated carbocycles. The Kier molecular flexibility index (Phi) is 7.96. The van der Waals surface area contributed by atoms with Crippen molar-refractivity contribution >= 4 is 34.7 Å². The fraction of sp³-hybridized carbons (Fsp3) is 0.269. The van der Waals surface area contributed by atoms with Crippen molar-refractivity contribution in [3.05, 3.63) is 94.4 Å². The number of carbonyl (C=O) groups excluding carboxylic acids is 1. The number of para-hydroxylation sites is 1. The summed E-state index contributed by atoms with van der Waals surface area (Å²) in [6.45, 7) is 4.86. The molecule has 5 nitrogen and oxygen atoms in total. The number of thioether (sulfide) groups is 1. The molecule has 33 heavy (non-hydrogen) atoms. The highest BCUT2D eigenvalue weighted by Crippen LogP contribution is 2.24. The lowest BCUT2D eigenvalue weighted by Crippen LogP contribution is -2.38. The summed E-state index contributed by atoms with van der Waals surface area (Å²) in [7, 11) is 0. The van der Waals surface area contributed by atoms with E-state index in [1.165, 1.54) is 22.2 Å². The van der Waals surface area contributed by atoms with E-state index in [0.717, 1.165) is 36.1 Å². The Balaban J connectivity index is 1.51. The summed E-state index contributed by atoms with van der Waals surface area (Å²) in [6, 6.07) is 24.5. The topological polar surface area (TPSA) is 51.0 Å². The van der Waals surface area contributed by atoms with Crippen LogP contribution in [0, 0.1) is 0 Å². The maximum absolute atomic E-state index is 13.2. The average molecular weight is 477 g/mol. The van der Waals surface area contributed by atoms with Gasteiger partial charge in [0.15, 0.2) is 5.16 Å². The van der Waals surface area contributed by atoms with Crippen LogP contribution in [0.4, 0.5) is 5.69 Å². The molecule has 0 saturated heterocycles. The Labute approximate surface area is 203 Å². The highest BCUT2D eigenvalue weighted by atomic mass is 32.2. The van der Waals surface area contributed by atoms with Crippen LogP contribution in [0.1, 0.15) is 30.1 Å². The normalized spacial score (nSPS) is 11.1. The molecule has 2 heterocycles. The Morgan fingerprint density at radius 2 is 1.73 bits per heavy atom. The lowest BCUT2D eigenvalue weighted by Gasteiger charge is -2.26. The van der Waals surface area contributed by atoms with Crippen molar-refractivity contribution in [2.75, 3.05) is 10.7 Å². The Morgan fingerprint density at radius 1 is 1.00 bits per heavy atom. The molecule has 0 aliphatic rings. The second kappa shape index (κ2) is 11.3. The summed E-state index contributed by atoms with van der Waals surface area (Å²) in [5.41, 5.74) is 2.19. The van der Waals surface area contributed by atoms with Gasteiger partial charge in [0, 0.05) is 29.6 Å². The number of anilines is 1. The van der Waals surface area contributed by atoms with Crippen LogP contribution in [-0.4, -0.2) is 32.5 Å². The molecule has 4 aromatic rings. The van der Waals surface area contributed by atoms with Crippen LogP contribution in [0.5, 0.6) is 0 Å². The average Bonchev–Trinajstić information content (AvgIpc) is 3.48. The number of nitrogens with zero attached hydrogens (tertiary/aromatic N) is 4. The number of carbonyl (C=O) groups is 1. The van der Waals surface area contributed by atoms with Crippen molar-refractivity contribution in [2.24, 2.45) is 0 Å².